The number of carbonyl (C=O) groups is 4. The number of nitrogens with one attached hydrogen (secondary N) is 6. The van der Waals surface area contributed by atoms with Crippen molar-refractivity contribution < 1.29 is 82.1 Å². The number of anilines is 4. The zero-order chi connectivity index (χ0) is 105. The second kappa shape index (κ2) is 45.4. The van der Waals surface area contributed by atoms with Crippen LogP contribution in [0, 0.1) is 41.1 Å². The van der Waals surface area contributed by atoms with Gasteiger partial charge in [0.25, 0.3) is 0 Å². The monoisotopic (exact) mass is 2190 g/mol. The number of urea groups is 4. The van der Waals surface area contributed by atoms with Gasteiger partial charge in [-0.25, -0.2) is 57.3 Å². The molecular weight excluding hydrogens is 2060 g/mol. The van der Waals surface area contributed by atoms with E-state index >= 15 is 0 Å². The van der Waals surface area contributed by atoms with Crippen LogP contribution in [0.4, 0.5) is 94.6 Å². The van der Waals surface area contributed by atoms with Crippen LogP contribution in [0.25, 0.3) is 0 Å². The Morgan fingerprint density at radius 2 is 0.764 bits per heavy atom. The summed E-state index contributed by atoms with van der Waals surface area (Å²) in [5, 5.41) is 41.6. The normalized spacial score (nSPS) is 28.6. The first kappa shape index (κ1) is 109. The molecule has 13 aliphatic rings. The number of β-amino-alcohol motifs (C(OH)–C–C–N with tert-alkyl or cyclic N) is 2. The average Bonchev–Trinajstić information content (AvgIpc) is 1.55. The number of thiazole rings is 4. The van der Waals surface area contributed by atoms with Gasteiger partial charge in [0.05, 0.1) is 28.9 Å². The molecule has 0 radical (unpaired) electrons. The van der Waals surface area contributed by atoms with Crippen molar-refractivity contribution in [2.45, 2.75) is 263 Å². The number of nitrogens with zero attached hydrogens (tertiary/aromatic N) is 13. The Morgan fingerprint density at radius 3 is 1.05 bits per heavy atom. The highest BCUT2D eigenvalue weighted by molar-refractivity contribution is 7.12. The van der Waals surface area contributed by atoms with Gasteiger partial charge in [-0.15, -0.1) is 45.3 Å². The van der Waals surface area contributed by atoms with Gasteiger partial charge in [-0.1, -0.05) is 23.2 Å². The molecule has 148 heavy (non-hydrogen) atoms. The number of amides is 8. The largest absolute Gasteiger partial charge is 0.419 e. The SMILES string of the molecule is C[C@@H]1CN(CCCN(C(=O)Nc2cc(Cl)nc(Cl)c2)[C@@H]2CC[C@]3(c4cnc(CN)s4)CC23)[C@@H](C)CN1.NCc1ncc([C@@]23CCC(N(CCCN4CC[C@@H](O)C4)C(=O)Nc4ccc(F)c(C(F)(F)F)c4)[C@@H]2C3)s1.NCc1ncc([C@]23CC[C@@H](N(CCCN4CC5CC4CN5)C(=O)Nc4ccc(F)c(C(F)(F)F)c4)C2C3)s1.NCc1ncc([C@]23CC[C@@H](N(CCCN4CC[C@@H](O)C4)C(=O)Nc4ccc(F)c(C(F)(F)F)c4)C2C3)s1. The molecule has 5 saturated heterocycles. The molecule has 10 heterocycles. The maximum absolute atomic E-state index is 13.8. The predicted molar refractivity (Wildman–Crippen MR) is 545 cm³/mol. The lowest BCUT2D eigenvalue weighted by molar-refractivity contribution is -0.140. The number of hydrogen-bond donors (Lipinski definition) is 12. The molecule has 16 N–H and O–H groups in total. The lowest BCUT2D eigenvalue weighted by atomic mass is 10.0. The van der Waals surface area contributed by atoms with E-state index in [4.69, 9.17) is 46.1 Å². The topological polar surface area (TPSA) is 375 Å². The summed E-state index contributed by atoms with van der Waals surface area (Å²) in [6.07, 6.45) is 9.27. The fourth-order valence-corrected chi connectivity index (χ4v) is 30.0. The van der Waals surface area contributed by atoms with E-state index in [1.165, 1.54) is 25.6 Å². The maximum Gasteiger partial charge on any atom is 0.419 e. The minimum atomic E-state index is -4.86. The fraction of sp³-hybridized carbons (Fsp3) is 0.614. The molecule has 29 nitrogen and oxygen atoms in total. The summed E-state index contributed by atoms with van der Waals surface area (Å²) < 4.78 is 160. The third-order valence-corrected chi connectivity index (χ3v) is 38.4. The number of benzene rings is 3. The van der Waals surface area contributed by atoms with Crippen molar-refractivity contribution in [3.8, 4) is 0 Å². The Morgan fingerprint density at radius 1 is 0.439 bits per heavy atom. The fourth-order valence-electron chi connectivity index (χ4n) is 25.2. The summed E-state index contributed by atoms with van der Waals surface area (Å²) >= 11 is 18.7. The van der Waals surface area contributed by atoms with E-state index < -0.39 is 70.8 Å². The van der Waals surface area contributed by atoms with Crippen LogP contribution in [0.3, 0.4) is 0 Å². The molecule has 0 spiro atoms. The molecule has 18 atom stereocenters. The number of rotatable bonds is 32. The Hall–Kier alpha value is -8.33. The van der Waals surface area contributed by atoms with Gasteiger partial charge in [-0.05, 0) is 239 Å². The third-order valence-electron chi connectivity index (χ3n) is 33.0. The molecule has 8 amide bonds. The van der Waals surface area contributed by atoms with Gasteiger partial charge in [0.15, 0.2) is 0 Å². The number of halogens is 14. The van der Waals surface area contributed by atoms with Crippen LogP contribution in [0.1, 0.15) is 192 Å². The van der Waals surface area contributed by atoms with Crippen molar-refractivity contribution in [1.82, 2.24) is 74.8 Å². The molecule has 8 aliphatic carbocycles. The summed E-state index contributed by atoms with van der Waals surface area (Å²) in [6, 6.07) is 11.5. The van der Waals surface area contributed by atoms with Crippen LogP contribution < -0.4 is 54.8 Å². The second-order valence-electron chi connectivity index (χ2n) is 42.2. The Bertz CT molecular complexity index is 5820. The van der Waals surface area contributed by atoms with Crippen LogP contribution in [0.5, 0.6) is 0 Å². The van der Waals surface area contributed by atoms with Crippen molar-refractivity contribution in [3.05, 3.63) is 176 Å². The Kier molecular flexibility index (Phi) is 33.5. The van der Waals surface area contributed by atoms with Crippen molar-refractivity contribution >= 4 is 115 Å². The third kappa shape index (κ3) is 24.4. The molecule has 47 heteroatoms. The highest BCUT2D eigenvalue weighted by Crippen LogP contribution is 2.70. The smallest absolute Gasteiger partial charge is 0.392 e. The van der Waals surface area contributed by atoms with Gasteiger partial charge >= 0.3 is 42.7 Å². The molecule has 6 unspecified atom stereocenters. The Balaban J connectivity index is 0.000000129. The molecule has 806 valence electrons. The molecule has 21 rings (SSSR count). The minimum Gasteiger partial charge on any atom is -0.392 e. The second-order valence-corrected chi connectivity index (χ2v) is 47.4. The summed E-state index contributed by atoms with van der Waals surface area (Å²) in [5.41, 5.74) is 19.3. The number of aromatic nitrogens is 5. The highest BCUT2D eigenvalue weighted by Gasteiger charge is 2.69. The van der Waals surface area contributed by atoms with Crippen LogP contribution in [0.2, 0.25) is 10.3 Å². The van der Waals surface area contributed by atoms with Crippen LogP contribution >= 0.6 is 68.5 Å². The van der Waals surface area contributed by atoms with Gasteiger partial charge in [-0.3, -0.25) is 9.80 Å². The first-order valence-electron chi connectivity index (χ1n) is 51.3. The van der Waals surface area contributed by atoms with Gasteiger partial charge in [0.2, 0.25) is 0 Å². The van der Waals surface area contributed by atoms with E-state index in [1.807, 2.05) is 29.7 Å². The number of nitrogens with two attached hydrogens (primary N) is 4. The van der Waals surface area contributed by atoms with Gasteiger partial charge in [0.1, 0.15) is 47.8 Å². The zero-order valence-corrected chi connectivity index (χ0v) is 87.2. The standard InChI is InChI=1S/C26H32F4N6OS.C25H35Cl2N7OS.2C25H31F4N5O2S/c27-20-3-2-15(9-18(20)26(28,29)30)34-24(37)36(7-1-6-35-14-16-8-17(35)12-32-16)21-4-5-25(10-19(21)25)22-13-33-23(11-31)38-22;1-15-14-33(16(2)12-29-15)6-3-7-34(24(35)31-17-8-21(26)32-22(27)9-17)19-4-5-25(10-18(19)25)20-13-30-23(11-28)36-20;2*26-19-3-2-15(10-17(19)25(27,28)29)32-23(36)34(8-1-7-33-9-5-16(35)14-33)20-4-6-24(11-18(20)24)21-13-31-22(12-30)37-21/h2-3,9,13,16-17,19,21,32H,1,4-8,10-12,14,31H2,(H,34,37);8-9,13,15-16,18-19,29H,3-7,10-12,14,28H2,1-2H3,(H,31,32,35);2*2-3,10,13,16,18,20,35H,1,4-9,11-12,14,30H2,(H,32,36)/t16?,17?,19?,21-,25+;15-,16+,18?,19-,25+;16-,18?,20-,24+;16-,18+,20?,24-/m1111/s1. The number of aliphatic hydroxyl groups is 2. The lowest BCUT2D eigenvalue weighted by Gasteiger charge is -2.38. The Labute approximate surface area is 877 Å². The van der Waals surface area contributed by atoms with E-state index in [1.54, 1.807) is 67.3 Å². The van der Waals surface area contributed by atoms with Crippen LogP contribution in [0.15, 0.2) is 91.5 Å². The molecule has 8 saturated carbocycles. The van der Waals surface area contributed by atoms with Crippen molar-refractivity contribution in [2.24, 2.45) is 46.6 Å². The highest BCUT2D eigenvalue weighted by atomic mass is 35.5. The predicted octanol–water partition coefficient (Wildman–Crippen LogP) is 16.8. The molecule has 13 fully saturated rings. The molecule has 5 aliphatic heterocycles. The zero-order valence-electron chi connectivity index (χ0n) is 82.4. The number of carbonyl (C=O) groups excluding carboxylic acids is 4. The van der Waals surface area contributed by atoms with E-state index in [0.29, 0.717) is 145 Å². The number of likely N-dealkylation sites (tertiary alicyclic amines) is 3. The molecule has 8 aromatic rings. The number of piperazine rings is 2. The molecule has 2 bridgehead atoms. The van der Waals surface area contributed by atoms with Crippen LogP contribution in [-0.2, 0) is 66.4 Å². The average molecular weight is 2190 g/mol. The molecule has 3 aromatic carbocycles. The minimum absolute atomic E-state index is 0.00733. The maximum atomic E-state index is 13.8. The summed E-state index contributed by atoms with van der Waals surface area (Å²) in [7, 11) is 0. The van der Waals surface area contributed by atoms with Gasteiger partial charge < -0.3 is 94.4 Å². The molecular formula is C101H129Cl2F12N23O6S4. The van der Waals surface area contributed by atoms with Crippen molar-refractivity contribution in [2.75, 3.05) is 126 Å². The van der Waals surface area contributed by atoms with Crippen molar-refractivity contribution in [3.63, 3.8) is 0 Å². The summed E-state index contributed by atoms with van der Waals surface area (Å²) in [6.45, 7) is 18.3. The lowest BCUT2D eigenvalue weighted by Crippen LogP contribution is -2.54. The number of alkyl halides is 9. The van der Waals surface area contributed by atoms with Crippen LogP contribution in [-0.4, -0.2) is 264 Å². The number of fused-ring (bicyclic) bond motifs is 6. The van der Waals surface area contributed by atoms with E-state index in [-0.39, 0.29) is 109 Å². The summed E-state index contributed by atoms with van der Waals surface area (Å²) in [5.74, 6) is -2.89. The van der Waals surface area contributed by atoms with E-state index in [2.05, 4.69) is 95.2 Å². The number of pyridine rings is 1. The first-order valence-corrected chi connectivity index (χ1v) is 55.3. The van der Waals surface area contributed by atoms with Crippen molar-refractivity contribution in [1.29, 1.82) is 0 Å². The van der Waals surface area contributed by atoms with E-state index in [9.17, 15) is 82.1 Å². The quantitative estimate of drug-likeness (QED) is 0.0138. The van der Waals surface area contributed by atoms with Gasteiger partial charge in [0, 0.05) is 255 Å². The van der Waals surface area contributed by atoms with E-state index in [0.717, 1.165) is 212 Å². The number of hydrogen-bond acceptors (Lipinski definition) is 25. The number of aliphatic hydroxyl groups excluding tert-OH is 2. The first-order chi connectivity index (χ1) is 70.7. The summed E-state index contributed by atoms with van der Waals surface area (Å²) in [4.78, 5) is 97.3. The molecule has 5 aromatic heterocycles. The van der Waals surface area contributed by atoms with Gasteiger partial charge in [-0.2, -0.15) is 39.5 Å².